The third kappa shape index (κ3) is 5.96. The molecular formula is C56H44N2. The van der Waals surface area contributed by atoms with E-state index in [1.807, 2.05) is 0 Å². The van der Waals surface area contributed by atoms with E-state index >= 15 is 0 Å². The second-order valence-electron chi connectivity index (χ2n) is 15.9. The van der Waals surface area contributed by atoms with Gasteiger partial charge in [-0.25, -0.2) is 0 Å². The fourth-order valence-electron chi connectivity index (χ4n) is 9.80. The molecule has 1 aliphatic carbocycles. The molecule has 1 aromatic heterocycles. The van der Waals surface area contributed by atoms with Crippen LogP contribution in [0.5, 0.6) is 0 Å². The van der Waals surface area contributed by atoms with Gasteiger partial charge in [0.15, 0.2) is 0 Å². The Morgan fingerprint density at radius 3 is 1.93 bits per heavy atom. The van der Waals surface area contributed by atoms with Crippen molar-refractivity contribution in [1.82, 2.24) is 4.57 Å². The smallest absolute Gasteiger partial charge is 0.0541 e. The topological polar surface area (TPSA) is 8.17 Å². The van der Waals surface area contributed by atoms with Crippen LogP contribution in [0, 0.1) is 0 Å². The maximum absolute atomic E-state index is 2.46. The third-order valence-corrected chi connectivity index (χ3v) is 12.6. The molecule has 1 saturated carbocycles. The predicted octanol–water partition coefficient (Wildman–Crippen LogP) is 15.9. The largest absolute Gasteiger partial charge is 0.310 e. The van der Waals surface area contributed by atoms with Crippen molar-refractivity contribution in [3.8, 4) is 27.9 Å². The highest BCUT2D eigenvalue weighted by Gasteiger charge is 2.23. The van der Waals surface area contributed by atoms with Crippen LogP contribution in [0.25, 0.3) is 71.3 Å². The minimum Gasteiger partial charge on any atom is -0.310 e. The van der Waals surface area contributed by atoms with Gasteiger partial charge in [-0.2, -0.15) is 0 Å². The van der Waals surface area contributed by atoms with Gasteiger partial charge in [0.1, 0.15) is 0 Å². The van der Waals surface area contributed by atoms with Crippen LogP contribution in [0.3, 0.4) is 0 Å². The van der Waals surface area contributed by atoms with Gasteiger partial charge >= 0.3 is 0 Å². The first-order valence-corrected chi connectivity index (χ1v) is 20.9. The summed E-state index contributed by atoms with van der Waals surface area (Å²) in [7, 11) is 0. The van der Waals surface area contributed by atoms with E-state index in [9.17, 15) is 0 Å². The number of para-hydroxylation sites is 3. The Morgan fingerprint density at radius 2 is 1.07 bits per heavy atom. The fraction of sp³-hybridized carbons (Fsp3) is 0.107. The van der Waals surface area contributed by atoms with Gasteiger partial charge in [0.25, 0.3) is 0 Å². The highest BCUT2D eigenvalue weighted by molar-refractivity contribution is 6.10. The van der Waals surface area contributed by atoms with E-state index < -0.39 is 0 Å². The van der Waals surface area contributed by atoms with E-state index in [2.05, 4.69) is 210 Å². The van der Waals surface area contributed by atoms with E-state index in [1.54, 1.807) is 0 Å². The number of aromatic nitrogens is 1. The maximum atomic E-state index is 2.46. The van der Waals surface area contributed by atoms with E-state index in [4.69, 9.17) is 0 Å². The highest BCUT2D eigenvalue weighted by atomic mass is 15.1. The fourth-order valence-corrected chi connectivity index (χ4v) is 9.80. The molecule has 278 valence electrons. The Balaban J connectivity index is 1.06. The molecule has 1 heterocycles. The first-order valence-electron chi connectivity index (χ1n) is 20.9. The number of hydrogen-bond donors (Lipinski definition) is 0. The normalized spacial score (nSPS) is 13.4. The molecular weight excluding hydrogens is 701 g/mol. The van der Waals surface area contributed by atoms with E-state index in [-0.39, 0.29) is 0 Å². The minimum absolute atomic E-state index is 0.601. The Bertz CT molecular complexity index is 3090. The Hall–Kier alpha value is -6.90. The number of nitrogens with zero attached hydrogens (tertiary/aromatic N) is 2. The summed E-state index contributed by atoms with van der Waals surface area (Å²) in [6, 6.07) is 74.0. The summed E-state index contributed by atoms with van der Waals surface area (Å²) in [5.74, 6) is 0.601. The summed E-state index contributed by atoms with van der Waals surface area (Å²) in [4.78, 5) is 2.46. The summed E-state index contributed by atoms with van der Waals surface area (Å²) in [5.41, 5.74) is 13.5. The standard InChI is InChI=1S/C56H44N2/c1-3-16-41(17-4-1)48-25-13-19-42-20-14-26-51(56(42)48)49-23-9-11-27-53(49)57(47-35-31-39-15-7-8-18-43(39)37-47)46-33-29-40(30-34-46)44-32-36-55-52(38-44)50-24-10-12-28-54(50)58(55)45-21-5-2-6-22-45/h2,5-15,18-38,41H,1,3-4,16-17H2. The van der Waals surface area contributed by atoms with Crippen molar-refractivity contribution in [2.24, 2.45) is 0 Å². The summed E-state index contributed by atoms with van der Waals surface area (Å²) in [6.07, 6.45) is 6.52. The molecule has 0 amide bonds. The minimum atomic E-state index is 0.601. The first-order chi connectivity index (χ1) is 28.8. The molecule has 0 unspecified atom stereocenters. The van der Waals surface area contributed by atoms with Gasteiger partial charge in [-0.1, -0.05) is 159 Å². The van der Waals surface area contributed by atoms with Crippen molar-refractivity contribution >= 4 is 60.4 Å². The molecule has 0 saturated heterocycles. The van der Waals surface area contributed by atoms with E-state index in [0.29, 0.717) is 5.92 Å². The molecule has 1 aliphatic rings. The molecule has 0 atom stereocenters. The number of rotatable bonds is 7. The molecule has 0 bridgehead atoms. The molecule has 10 aromatic rings. The van der Waals surface area contributed by atoms with Gasteiger partial charge in [0, 0.05) is 33.4 Å². The van der Waals surface area contributed by atoms with Gasteiger partial charge in [0.2, 0.25) is 0 Å². The van der Waals surface area contributed by atoms with Crippen LogP contribution in [-0.4, -0.2) is 4.57 Å². The monoisotopic (exact) mass is 744 g/mol. The first kappa shape index (κ1) is 34.4. The number of anilines is 3. The van der Waals surface area contributed by atoms with E-state index in [0.717, 1.165) is 11.4 Å². The molecule has 2 nitrogen and oxygen atoms in total. The van der Waals surface area contributed by atoms with Gasteiger partial charge in [0.05, 0.1) is 16.7 Å². The Labute approximate surface area is 340 Å². The second-order valence-corrected chi connectivity index (χ2v) is 15.9. The Morgan fingerprint density at radius 1 is 0.414 bits per heavy atom. The quantitative estimate of drug-likeness (QED) is 0.158. The van der Waals surface area contributed by atoms with Crippen LogP contribution in [0.15, 0.2) is 200 Å². The van der Waals surface area contributed by atoms with Crippen LogP contribution in [0.1, 0.15) is 43.6 Å². The molecule has 0 radical (unpaired) electrons. The summed E-state index contributed by atoms with van der Waals surface area (Å²) >= 11 is 0. The average molecular weight is 745 g/mol. The summed E-state index contributed by atoms with van der Waals surface area (Å²) in [5, 5.41) is 7.72. The Kier molecular flexibility index (Phi) is 8.62. The highest BCUT2D eigenvalue weighted by Crippen LogP contribution is 2.46. The molecule has 0 aliphatic heterocycles. The van der Waals surface area contributed by atoms with Gasteiger partial charge < -0.3 is 9.47 Å². The molecule has 9 aromatic carbocycles. The molecule has 0 N–H and O–H groups in total. The molecule has 1 fully saturated rings. The SMILES string of the molecule is c1ccc(-n2c3ccccc3c3cc(-c4ccc(N(c5ccc6ccccc6c5)c5ccccc5-c5cccc6cccc(C7CCCCC7)c56)cc4)ccc32)cc1. The van der Waals surface area contributed by atoms with E-state index in [1.165, 1.54) is 115 Å². The number of benzene rings is 9. The van der Waals surface area contributed by atoms with Gasteiger partial charge in [-0.05, 0) is 123 Å². The van der Waals surface area contributed by atoms with Crippen LogP contribution in [0.2, 0.25) is 0 Å². The van der Waals surface area contributed by atoms with Crippen molar-refractivity contribution in [3.63, 3.8) is 0 Å². The zero-order chi connectivity index (χ0) is 38.4. The molecule has 2 heteroatoms. The lowest BCUT2D eigenvalue weighted by Gasteiger charge is -2.29. The molecule has 58 heavy (non-hydrogen) atoms. The number of hydrogen-bond acceptors (Lipinski definition) is 1. The molecule has 0 spiro atoms. The second kappa shape index (κ2) is 14.6. The van der Waals surface area contributed by atoms with Crippen molar-refractivity contribution in [2.45, 2.75) is 38.0 Å². The summed E-state index contributed by atoms with van der Waals surface area (Å²) in [6.45, 7) is 0. The zero-order valence-electron chi connectivity index (χ0n) is 32.6. The van der Waals surface area contributed by atoms with Crippen molar-refractivity contribution in [3.05, 3.63) is 206 Å². The van der Waals surface area contributed by atoms with Crippen LogP contribution in [-0.2, 0) is 0 Å². The van der Waals surface area contributed by atoms with Crippen molar-refractivity contribution in [1.29, 1.82) is 0 Å². The maximum Gasteiger partial charge on any atom is 0.0541 e. The lowest BCUT2D eigenvalue weighted by atomic mass is 9.80. The van der Waals surface area contributed by atoms with Crippen LogP contribution in [0.4, 0.5) is 17.1 Å². The van der Waals surface area contributed by atoms with Gasteiger partial charge in [-0.15, -0.1) is 0 Å². The van der Waals surface area contributed by atoms with Crippen molar-refractivity contribution < 1.29 is 0 Å². The van der Waals surface area contributed by atoms with Crippen LogP contribution >= 0.6 is 0 Å². The van der Waals surface area contributed by atoms with Crippen LogP contribution < -0.4 is 4.90 Å². The lowest BCUT2D eigenvalue weighted by Crippen LogP contribution is -2.11. The van der Waals surface area contributed by atoms with Crippen molar-refractivity contribution in [2.75, 3.05) is 4.90 Å². The average Bonchev–Trinajstić information content (AvgIpc) is 3.63. The third-order valence-electron chi connectivity index (χ3n) is 12.6. The predicted molar refractivity (Wildman–Crippen MR) is 247 cm³/mol. The molecule has 11 rings (SSSR count). The lowest BCUT2D eigenvalue weighted by molar-refractivity contribution is 0.445. The van der Waals surface area contributed by atoms with Gasteiger partial charge in [-0.3, -0.25) is 0 Å². The zero-order valence-corrected chi connectivity index (χ0v) is 32.6. The summed E-state index contributed by atoms with van der Waals surface area (Å²) < 4.78 is 2.38. The number of fused-ring (bicyclic) bond motifs is 5.